The average Bonchev–Trinajstić information content (AvgIpc) is 2.87. The second kappa shape index (κ2) is 4.90. The summed E-state index contributed by atoms with van der Waals surface area (Å²) in [5.41, 5.74) is 0. The fraction of sp³-hybridized carbons (Fsp3) is 0.857. The highest BCUT2D eigenvalue weighted by Gasteiger charge is 2.38. The van der Waals surface area contributed by atoms with Crippen LogP contribution in [0.2, 0.25) is 0 Å². The summed E-state index contributed by atoms with van der Waals surface area (Å²) in [7, 11) is 0. The van der Waals surface area contributed by atoms with E-state index in [0.29, 0.717) is 24.9 Å². The number of rotatable bonds is 4. The Kier molecular flexibility index (Phi) is 3.27. The van der Waals surface area contributed by atoms with E-state index in [1.165, 1.54) is 25.7 Å². The van der Waals surface area contributed by atoms with Crippen molar-refractivity contribution in [1.82, 2.24) is 10.2 Å². The molecule has 2 aliphatic carbocycles. The molecule has 1 unspecified atom stereocenters. The lowest BCUT2D eigenvalue weighted by Gasteiger charge is -2.23. The molecule has 1 N–H and O–H groups in total. The van der Waals surface area contributed by atoms with Crippen LogP contribution in [0, 0.1) is 11.8 Å². The molecular weight excluding hydrogens is 228 g/mol. The molecule has 3 rings (SSSR count). The van der Waals surface area contributed by atoms with Crippen LogP contribution in [0.5, 0.6) is 0 Å². The third-order valence-electron chi connectivity index (χ3n) is 4.56. The molecule has 18 heavy (non-hydrogen) atoms. The van der Waals surface area contributed by atoms with Crippen molar-refractivity contribution in [2.24, 2.45) is 11.8 Å². The van der Waals surface area contributed by atoms with Crippen molar-refractivity contribution in [2.75, 3.05) is 13.1 Å². The topological polar surface area (TPSA) is 49.4 Å². The zero-order valence-corrected chi connectivity index (χ0v) is 10.9. The first-order valence-electron chi connectivity index (χ1n) is 7.31. The normalized spacial score (nSPS) is 29.0. The van der Waals surface area contributed by atoms with E-state index in [2.05, 4.69) is 5.32 Å². The monoisotopic (exact) mass is 250 g/mol. The molecule has 2 saturated carbocycles. The van der Waals surface area contributed by atoms with Gasteiger partial charge in [-0.3, -0.25) is 9.59 Å². The predicted octanol–water partition coefficient (Wildman–Crippen LogP) is 1.30. The highest BCUT2D eigenvalue weighted by atomic mass is 16.2. The van der Waals surface area contributed by atoms with Crippen LogP contribution in [0.4, 0.5) is 0 Å². The van der Waals surface area contributed by atoms with Crippen LogP contribution in [0.1, 0.15) is 44.9 Å². The van der Waals surface area contributed by atoms with Gasteiger partial charge in [-0.25, -0.2) is 0 Å². The molecule has 100 valence electrons. The summed E-state index contributed by atoms with van der Waals surface area (Å²) in [5.74, 6) is 0.887. The van der Waals surface area contributed by atoms with E-state index in [-0.39, 0.29) is 17.7 Å². The summed E-state index contributed by atoms with van der Waals surface area (Å²) < 4.78 is 0. The van der Waals surface area contributed by atoms with Gasteiger partial charge >= 0.3 is 0 Å². The maximum Gasteiger partial charge on any atom is 0.225 e. The SMILES string of the molecule is O=C(NCC1CC1)C1CC(=O)N(C2CCCC2)C1. The Morgan fingerprint density at radius 3 is 2.61 bits per heavy atom. The van der Waals surface area contributed by atoms with Crippen LogP contribution in [0.3, 0.4) is 0 Å². The number of nitrogens with zero attached hydrogens (tertiary/aromatic N) is 1. The van der Waals surface area contributed by atoms with Crippen LogP contribution in [0.15, 0.2) is 0 Å². The summed E-state index contributed by atoms with van der Waals surface area (Å²) in [6.07, 6.45) is 7.63. The van der Waals surface area contributed by atoms with Gasteiger partial charge in [0.1, 0.15) is 0 Å². The zero-order chi connectivity index (χ0) is 12.5. The Labute approximate surface area is 108 Å². The molecule has 0 bridgehead atoms. The van der Waals surface area contributed by atoms with Gasteiger partial charge in [-0.2, -0.15) is 0 Å². The average molecular weight is 250 g/mol. The lowest BCUT2D eigenvalue weighted by molar-refractivity contribution is -0.130. The highest BCUT2D eigenvalue weighted by Crippen LogP contribution is 2.30. The lowest BCUT2D eigenvalue weighted by atomic mass is 10.1. The molecule has 1 atom stereocenters. The quantitative estimate of drug-likeness (QED) is 0.817. The molecule has 2 amide bonds. The predicted molar refractivity (Wildman–Crippen MR) is 67.8 cm³/mol. The molecular formula is C14H22N2O2. The van der Waals surface area contributed by atoms with Gasteiger partial charge < -0.3 is 10.2 Å². The molecule has 3 aliphatic rings. The van der Waals surface area contributed by atoms with Crippen LogP contribution < -0.4 is 5.32 Å². The minimum atomic E-state index is -0.100. The van der Waals surface area contributed by atoms with E-state index in [9.17, 15) is 9.59 Å². The van der Waals surface area contributed by atoms with E-state index < -0.39 is 0 Å². The number of carbonyl (C=O) groups excluding carboxylic acids is 2. The number of nitrogens with one attached hydrogen (secondary N) is 1. The molecule has 3 fully saturated rings. The second-order valence-electron chi connectivity index (χ2n) is 6.07. The number of hydrogen-bond donors (Lipinski definition) is 1. The maximum atomic E-state index is 12.0. The van der Waals surface area contributed by atoms with Crippen molar-refractivity contribution in [3.05, 3.63) is 0 Å². The number of likely N-dealkylation sites (tertiary alicyclic amines) is 1. The summed E-state index contributed by atoms with van der Waals surface area (Å²) in [4.78, 5) is 25.9. The van der Waals surface area contributed by atoms with Crippen molar-refractivity contribution in [1.29, 1.82) is 0 Å². The summed E-state index contributed by atoms with van der Waals surface area (Å²) in [6.45, 7) is 1.47. The van der Waals surface area contributed by atoms with Gasteiger partial charge in [0.25, 0.3) is 0 Å². The molecule has 1 aliphatic heterocycles. The number of amides is 2. The zero-order valence-electron chi connectivity index (χ0n) is 10.9. The minimum Gasteiger partial charge on any atom is -0.356 e. The Hall–Kier alpha value is -1.06. The van der Waals surface area contributed by atoms with Crippen molar-refractivity contribution in [3.8, 4) is 0 Å². The van der Waals surface area contributed by atoms with Crippen LogP contribution in [-0.4, -0.2) is 35.8 Å². The standard InChI is InChI=1S/C14H22N2O2/c17-13-7-11(14(18)15-8-10-5-6-10)9-16(13)12-3-1-2-4-12/h10-12H,1-9H2,(H,15,18). The summed E-state index contributed by atoms with van der Waals surface area (Å²) in [6, 6.07) is 0.415. The van der Waals surface area contributed by atoms with Crippen molar-refractivity contribution < 1.29 is 9.59 Å². The van der Waals surface area contributed by atoms with E-state index in [0.717, 1.165) is 19.4 Å². The Balaban J connectivity index is 1.51. The molecule has 0 aromatic carbocycles. The van der Waals surface area contributed by atoms with Gasteiger partial charge in [0.05, 0.1) is 5.92 Å². The van der Waals surface area contributed by atoms with Gasteiger partial charge in [0, 0.05) is 25.6 Å². The maximum absolute atomic E-state index is 12.0. The minimum absolute atomic E-state index is 0.0933. The number of carbonyl (C=O) groups is 2. The van der Waals surface area contributed by atoms with Crippen LogP contribution in [-0.2, 0) is 9.59 Å². The first kappa shape index (κ1) is 12.0. The smallest absolute Gasteiger partial charge is 0.225 e. The van der Waals surface area contributed by atoms with Crippen molar-refractivity contribution in [3.63, 3.8) is 0 Å². The van der Waals surface area contributed by atoms with Crippen LogP contribution >= 0.6 is 0 Å². The lowest BCUT2D eigenvalue weighted by Crippen LogP contribution is -2.37. The largest absolute Gasteiger partial charge is 0.356 e. The van der Waals surface area contributed by atoms with E-state index in [1.54, 1.807) is 0 Å². The Bertz CT molecular complexity index is 346. The van der Waals surface area contributed by atoms with Crippen molar-refractivity contribution >= 4 is 11.8 Å². The molecule has 4 nitrogen and oxygen atoms in total. The van der Waals surface area contributed by atoms with E-state index in [1.807, 2.05) is 4.90 Å². The van der Waals surface area contributed by atoms with Gasteiger partial charge in [-0.05, 0) is 31.6 Å². The van der Waals surface area contributed by atoms with Gasteiger partial charge in [0.15, 0.2) is 0 Å². The van der Waals surface area contributed by atoms with Gasteiger partial charge in [-0.1, -0.05) is 12.8 Å². The molecule has 0 spiro atoms. The summed E-state index contributed by atoms with van der Waals surface area (Å²) in [5, 5.41) is 3.00. The van der Waals surface area contributed by atoms with E-state index >= 15 is 0 Å². The molecule has 0 radical (unpaired) electrons. The second-order valence-corrected chi connectivity index (χ2v) is 6.07. The first-order valence-corrected chi connectivity index (χ1v) is 7.31. The van der Waals surface area contributed by atoms with Crippen LogP contribution in [0.25, 0.3) is 0 Å². The molecule has 1 saturated heterocycles. The highest BCUT2D eigenvalue weighted by molar-refractivity contribution is 5.89. The summed E-state index contributed by atoms with van der Waals surface area (Å²) >= 11 is 0. The molecule has 0 aromatic heterocycles. The van der Waals surface area contributed by atoms with E-state index in [4.69, 9.17) is 0 Å². The molecule has 0 aromatic rings. The fourth-order valence-corrected chi connectivity index (χ4v) is 3.19. The first-order chi connectivity index (χ1) is 8.74. The fourth-order valence-electron chi connectivity index (χ4n) is 3.19. The van der Waals surface area contributed by atoms with Gasteiger partial charge in [-0.15, -0.1) is 0 Å². The molecule has 1 heterocycles. The molecule has 4 heteroatoms. The Morgan fingerprint density at radius 1 is 1.22 bits per heavy atom. The van der Waals surface area contributed by atoms with Gasteiger partial charge in [0.2, 0.25) is 11.8 Å². The van der Waals surface area contributed by atoms with Crippen molar-refractivity contribution in [2.45, 2.75) is 51.0 Å². The third kappa shape index (κ3) is 2.52. The number of hydrogen-bond acceptors (Lipinski definition) is 2. The Morgan fingerprint density at radius 2 is 1.94 bits per heavy atom. The third-order valence-corrected chi connectivity index (χ3v) is 4.56.